The van der Waals surface area contributed by atoms with Gasteiger partial charge in [-0.2, -0.15) is 13.2 Å². The second kappa shape index (κ2) is 5.22. The zero-order valence-corrected chi connectivity index (χ0v) is 13.9. The average Bonchev–Trinajstić information content (AvgIpc) is 2.69. The quantitative estimate of drug-likeness (QED) is 0.683. The number of likely N-dealkylation sites (tertiary alicyclic amines) is 1. The number of fused-ring (bicyclic) bond motifs is 2. The zero-order chi connectivity index (χ0) is 17.0. The van der Waals surface area contributed by atoms with Crippen molar-refractivity contribution < 1.29 is 22.8 Å². The molecule has 1 fully saturated rings. The number of halogens is 4. The van der Waals surface area contributed by atoms with Crippen molar-refractivity contribution in [2.24, 2.45) is 0 Å². The largest absolute Gasteiger partial charge is 0.471 e. The molecule has 124 valence electrons. The first kappa shape index (κ1) is 16.3. The van der Waals surface area contributed by atoms with Gasteiger partial charge in [0.2, 0.25) is 5.91 Å². The number of piperidine rings is 1. The summed E-state index contributed by atoms with van der Waals surface area (Å²) in [5.74, 6) is -1.95. The molecule has 1 saturated heterocycles. The molecular formula is C15H14BrF3N2O2. The van der Waals surface area contributed by atoms with Gasteiger partial charge in [-0.1, -0.05) is 22.0 Å². The average molecular weight is 391 g/mol. The lowest BCUT2D eigenvalue weighted by atomic mass is 9.73. The highest BCUT2D eigenvalue weighted by Gasteiger charge is 2.53. The van der Waals surface area contributed by atoms with Gasteiger partial charge in [0.05, 0.1) is 5.41 Å². The molecule has 3 rings (SSSR count). The molecule has 1 spiro atoms. The van der Waals surface area contributed by atoms with E-state index in [0.29, 0.717) is 0 Å². The topological polar surface area (TPSA) is 40.6 Å². The summed E-state index contributed by atoms with van der Waals surface area (Å²) in [5.41, 5.74) is 0.764. The van der Waals surface area contributed by atoms with Gasteiger partial charge in [0.15, 0.2) is 0 Å². The minimum absolute atomic E-state index is 0.0760. The van der Waals surface area contributed by atoms with Crippen LogP contribution in [0.15, 0.2) is 22.7 Å². The first-order valence-corrected chi connectivity index (χ1v) is 7.90. The van der Waals surface area contributed by atoms with E-state index in [1.165, 1.54) is 0 Å². The number of anilines is 1. The number of hydrogen-bond donors (Lipinski definition) is 0. The molecule has 2 aliphatic heterocycles. The van der Waals surface area contributed by atoms with Crippen molar-refractivity contribution >= 4 is 33.4 Å². The van der Waals surface area contributed by atoms with Gasteiger partial charge in [-0.3, -0.25) is 9.59 Å². The summed E-state index contributed by atoms with van der Waals surface area (Å²) in [5, 5.41) is 0. The molecule has 0 radical (unpaired) electrons. The normalized spacial score (nSPS) is 20.1. The van der Waals surface area contributed by atoms with Crippen molar-refractivity contribution in [3.05, 3.63) is 28.2 Å². The van der Waals surface area contributed by atoms with Crippen molar-refractivity contribution in [2.45, 2.75) is 24.4 Å². The van der Waals surface area contributed by atoms with Crippen LogP contribution in [0.25, 0.3) is 0 Å². The monoisotopic (exact) mass is 390 g/mol. The van der Waals surface area contributed by atoms with E-state index >= 15 is 0 Å². The van der Waals surface area contributed by atoms with Crippen molar-refractivity contribution in [3.63, 3.8) is 0 Å². The molecule has 8 heteroatoms. The summed E-state index contributed by atoms with van der Waals surface area (Å²) < 4.78 is 38.5. The Kier molecular flexibility index (Phi) is 3.70. The Labute approximate surface area is 139 Å². The lowest BCUT2D eigenvalue weighted by Gasteiger charge is -2.38. The highest BCUT2D eigenvalue weighted by Crippen LogP contribution is 2.48. The molecule has 0 atom stereocenters. The lowest BCUT2D eigenvalue weighted by molar-refractivity contribution is -0.187. The molecule has 0 aliphatic carbocycles. The van der Waals surface area contributed by atoms with Crippen LogP contribution < -0.4 is 4.90 Å². The van der Waals surface area contributed by atoms with E-state index in [0.717, 1.165) is 20.6 Å². The standard InChI is InChI=1S/C15H14BrF3N2O2/c1-20-11-8-9(16)2-3-10(11)14(12(20)22)4-6-21(7-5-14)13(23)15(17,18)19/h2-3,8H,4-7H2,1H3. The number of alkyl halides is 3. The number of benzene rings is 1. The molecular weight excluding hydrogens is 377 g/mol. The molecule has 2 heterocycles. The Morgan fingerprint density at radius 3 is 2.43 bits per heavy atom. The van der Waals surface area contributed by atoms with Crippen LogP contribution in [0.4, 0.5) is 18.9 Å². The Balaban J connectivity index is 1.89. The third kappa shape index (κ3) is 2.43. The number of carbonyl (C=O) groups is 2. The molecule has 2 aliphatic rings. The summed E-state index contributed by atoms with van der Waals surface area (Å²) in [4.78, 5) is 26.4. The maximum absolute atomic E-state index is 12.7. The van der Waals surface area contributed by atoms with Crippen LogP contribution in [0, 0.1) is 0 Å². The summed E-state index contributed by atoms with van der Waals surface area (Å²) in [6.07, 6.45) is -4.47. The molecule has 1 aromatic rings. The van der Waals surface area contributed by atoms with Gasteiger partial charge in [-0.25, -0.2) is 0 Å². The minimum Gasteiger partial charge on any atom is -0.335 e. The maximum atomic E-state index is 12.7. The minimum atomic E-state index is -4.87. The number of likely N-dealkylation sites (N-methyl/N-ethyl adjacent to an activating group) is 1. The smallest absolute Gasteiger partial charge is 0.335 e. The Hall–Kier alpha value is -1.57. The predicted octanol–water partition coefficient (Wildman–Crippen LogP) is 2.85. The lowest BCUT2D eigenvalue weighted by Crippen LogP contribution is -2.52. The Morgan fingerprint density at radius 1 is 1.26 bits per heavy atom. The van der Waals surface area contributed by atoms with Crippen LogP contribution in [0.5, 0.6) is 0 Å². The van der Waals surface area contributed by atoms with Crippen molar-refractivity contribution in [2.75, 3.05) is 25.0 Å². The van der Waals surface area contributed by atoms with Crippen LogP contribution >= 0.6 is 15.9 Å². The van der Waals surface area contributed by atoms with Crippen molar-refractivity contribution in [3.8, 4) is 0 Å². The van der Waals surface area contributed by atoms with Gasteiger partial charge >= 0.3 is 12.1 Å². The van der Waals surface area contributed by atoms with E-state index in [2.05, 4.69) is 15.9 Å². The van der Waals surface area contributed by atoms with E-state index < -0.39 is 17.5 Å². The number of hydrogen-bond acceptors (Lipinski definition) is 2. The van der Waals surface area contributed by atoms with Gasteiger partial charge in [-0.05, 0) is 30.5 Å². The molecule has 23 heavy (non-hydrogen) atoms. The third-order valence-electron chi connectivity index (χ3n) is 4.70. The molecule has 0 N–H and O–H groups in total. The molecule has 0 bridgehead atoms. The van der Waals surface area contributed by atoms with Gasteiger partial charge in [0.25, 0.3) is 0 Å². The highest BCUT2D eigenvalue weighted by molar-refractivity contribution is 9.10. The number of nitrogens with zero attached hydrogens (tertiary/aromatic N) is 2. The van der Waals surface area contributed by atoms with E-state index in [1.54, 1.807) is 11.9 Å². The molecule has 1 aromatic carbocycles. The molecule has 0 aromatic heterocycles. The molecule has 4 nitrogen and oxygen atoms in total. The summed E-state index contributed by atoms with van der Waals surface area (Å²) in [6, 6.07) is 5.48. The van der Waals surface area contributed by atoms with Gasteiger partial charge in [0.1, 0.15) is 0 Å². The first-order valence-electron chi connectivity index (χ1n) is 7.11. The second-order valence-corrected chi connectivity index (χ2v) is 6.81. The number of carbonyl (C=O) groups excluding carboxylic acids is 2. The third-order valence-corrected chi connectivity index (χ3v) is 5.19. The molecule has 2 amide bonds. The first-order chi connectivity index (χ1) is 10.7. The van der Waals surface area contributed by atoms with Crippen molar-refractivity contribution in [1.82, 2.24) is 4.90 Å². The van der Waals surface area contributed by atoms with Gasteiger partial charge < -0.3 is 9.80 Å². The van der Waals surface area contributed by atoms with Crippen LogP contribution in [0.1, 0.15) is 18.4 Å². The highest BCUT2D eigenvalue weighted by atomic mass is 79.9. The van der Waals surface area contributed by atoms with E-state index in [4.69, 9.17) is 0 Å². The molecule has 0 unspecified atom stereocenters. The number of amides is 2. The van der Waals surface area contributed by atoms with Crippen LogP contribution in [-0.2, 0) is 15.0 Å². The SMILES string of the molecule is CN1C(=O)C2(CCN(C(=O)C(F)(F)F)CC2)c2ccc(Br)cc21. The summed E-state index contributed by atoms with van der Waals surface area (Å²) in [6.45, 7) is -0.152. The van der Waals surface area contributed by atoms with Gasteiger partial charge in [0, 0.05) is 30.3 Å². The van der Waals surface area contributed by atoms with Crippen molar-refractivity contribution in [1.29, 1.82) is 0 Å². The summed E-state index contributed by atoms with van der Waals surface area (Å²) >= 11 is 3.36. The van der Waals surface area contributed by atoms with Gasteiger partial charge in [-0.15, -0.1) is 0 Å². The van der Waals surface area contributed by atoms with Crippen LogP contribution in [0.3, 0.4) is 0 Å². The fourth-order valence-electron chi connectivity index (χ4n) is 3.49. The van der Waals surface area contributed by atoms with E-state index in [-0.39, 0.29) is 31.8 Å². The zero-order valence-electron chi connectivity index (χ0n) is 12.3. The van der Waals surface area contributed by atoms with E-state index in [9.17, 15) is 22.8 Å². The van der Waals surface area contributed by atoms with Crippen LogP contribution in [0.2, 0.25) is 0 Å². The summed E-state index contributed by atoms with van der Waals surface area (Å²) in [7, 11) is 1.66. The van der Waals surface area contributed by atoms with Crippen LogP contribution in [-0.4, -0.2) is 43.0 Å². The predicted molar refractivity (Wildman–Crippen MR) is 81.1 cm³/mol. The number of rotatable bonds is 0. The Morgan fingerprint density at radius 2 is 1.87 bits per heavy atom. The molecule has 0 saturated carbocycles. The Bertz CT molecular complexity index is 682. The maximum Gasteiger partial charge on any atom is 0.471 e. The fraction of sp³-hybridized carbons (Fsp3) is 0.467. The fourth-order valence-corrected chi connectivity index (χ4v) is 3.84. The van der Waals surface area contributed by atoms with E-state index in [1.807, 2.05) is 18.2 Å². The second-order valence-electron chi connectivity index (χ2n) is 5.90.